The van der Waals surface area contributed by atoms with Crippen LogP contribution >= 0.6 is 0 Å². The van der Waals surface area contributed by atoms with Crippen LogP contribution in [-0.4, -0.2) is 36.7 Å². The van der Waals surface area contributed by atoms with Crippen LogP contribution < -0.4 is 0 Å². The molecule has 0 bridgehead atoms. The van der Waals surface area contributed by atoms with E-state index in [-0.39, 0.29) is 11.5 Å². The van der Waals surface area contributed by atoms with Crippen molar-refractivity contribution in [1.29, 1.82) is 0 Å². The topological polar surface area (TPSA) is 76.4 Å². The fourth-order valence-corrected chi connectivity index (χ4v) is 3.69. The zero-order valence-corrected chi connectivity index (χ0v) is 14.7. The maximum Gasteiger partial charge on any atom is 0.188 e. The van der Waals surface area contributed by atoms with Gasteiger partial charge in [0.1, 0.15) is 6.61 Å². The lowest BCUT2D eigenvalue weighted by atomic mass is 10.1. The van der Waals surface area contributed by atoms with Gasteiger partial charge in [0.25, 0.3) is 0 Å². The molecule has 3 rings (SSSR count). The molecule has 0 unspecified atom stereocenters. The molecule has 0 amide bonds. The molecule has 0 saturated carbocycles. The van der Waals surface area contributed by atoms with E-state index in [1.165, 1.54) is 6.26 Å². The fraction of sp³-hybridized carbons (Fsp3) is 0.211. The third-order valence-corrected chi connectivity index (χ3v) is 4.87. The van der Waals surface area contributed by atoms with Gasteiger partial charge in [0.05, 0.1) is 5.75 Å². The summed E-state index contributed by atoms with van der Waals surface area (Å²) in [5.41, 5.74) is 3.11. The Bertz CT molecular complexity index is 1030. The van der Waals surface area contributed by atoms with Gasteiger partial charge in [-0.05, 0) is 28.6 Å². The minimum atomic E-state index is -3.08. The number of aliphatic hydroxyl groups excluding tert-OH is 1. The number of carbonyl (C=O) groups is 1. The number of aromatic nitrogens is 1. The molecule has 130 valence electrons. The molecule has 1 heterocycles. The minimum Gasteiger partial charge on any atom is -0.388 e. The molecule has 6 heteroatoms. The van der Waals surface area contributed by atoms with Crippen molar-refractivity contribution < 1.29 is 18.3 Å². The normalized spacial score (nSPS) is 11.8. The lowest BCUT2D eigenvalue weighted by molar-refractivity contribution is 0.0904. The summed E-state index contributed by atoms with van der Waals surface area (Å²) in [6.45, 7) is 0.0532. The average Bonchev–Trinajstić information content (AvgIpc) is 2.95. The molecule has 0 saturated heterocycles. The molecule has 3 aromatic rings. The van der Waals surface area contributed by atoms with Gasteiger partial charge >= 0.3 is 0 Å². The summed E-state index contributed by atoms with van der Waals surface area (Å²) in [5.74, 6) is -0.299. The van der Waals surface area contributed by atoms with Gasteiger partial charge in [0.15, 0.2) is 15.6 Å². The predicted octanol–water partition coefficient (Wildman–Crippen LogP) is 2.41. The van der Waals surface area contributed by atoms with Gasteiger partial charge in [0, 0.05) is 30.1 Å². The SMILES string of the molecule is CS(=O)(=O)Cc1cccc(Cn2ccc3ccc(C(=O)CO)cc32)c1. The second-order valence-corrected chi connectivity index (χ2v) is 8.33. The van der Waals surface area contributed by atoms with Crippen LogP contribution in [0.4, 0.5) is 0 Å². The minimum absolute atomic E-state index is 0.0163. The van der Waals surface area contributed by atoms with Crippen molar-refractivity contribution in [3.8, 4) is 0 Å². The average molecular weight is 357 g/mol. The monoisotopic (exact) mass is 357 g/mol. The van der Waals surface area contributed by atoms with Crippen LogP contribution in [0.3, 0.4) is 0 Å². The van der Waals surface area contributed by atoms with Gasteiger partial charge in [-0.3, -0.25) is 4.79 Å². The molecular formula is C19H19NO4S. The first-order chi connectivity index (χ1) is 11.9. The van der Waals surface area contributed by atoms with Gasteiger partial charge in [0.2, 0.25) is 0 Å². The third kappa shape index (κ3) is 4.15. The highest BCUT2D eigenvalue weighted by Crippen LogP contribution is 2.20. The van der Waals surface area contributed by atoms with E-state index < -0.39 is 16.4 Å². The number of Topliss-reactive ketones (excluding diaryl/α,β-unsaturated/α-hetero) is 1. The first-order valence-corrected chi connectivity index (χ1v) is 9.90. The van der Waals surface area contributed by atoms with E-state index in [1.807, 2.05) is 41.1 Å². The summed E-state index contributed by atoms with van der Waals surface area (Å²) < 4.78 is 25.0. The summed E-state index contributed by atoms with van der Waals surface area (Å²) in [5, 5.41) is 10.0. The molecule has 2 aromatic carbocycles. The van der Waals surface area contributed by atoms with E-state index in [0.717, 1.165) is 22.0 Å². The number of carbonyl (C=O) groups excluding carboxylic acids is 1. The lowest BCUT2D eigenvalue weighted by Gasteiger charge is -2.08. The maximum atomic E-state index is 11.7. The Morgan fingerprint density at radius 2 is 1.84 bits per heavy atom. The Morgan fingerprint density at radius 1 is 1.08 bits per heavy atom. The quantitative estimate of drug-likeness (QED) is 0.688. The molecule has 25 heavy (non-hydrogen) atoms. The van der Waals surface area contributed by atoms with E-state index in [9.17, 15) is 13.2 Å². The first-order valence-electron chi connectivity index (χ1n) is 7.84. The number of hydrogen-bond donors (Lipinski definition) is 1. The van der Waals surface area contributed by atoms with Crippen molar-refractivity contribution in [2.75, 3.05) is 12.9 Å². The molecular weight excluding hydrogens is 338 g/mol. The zero-order chi connectivity index (χ0) is 18.0. The van der Waals surface area contributed by atoms with Crippen LogP contribution in [0.5, 0.6) is 0 Å². The van der Waals surface area contributed by atoms with Crippen LogP contribution in [0, 0.1) is 0 Å². The molecule has 0 aliphatic rings. The Balaban J connectivity index is 1.93. The molecule has 0 spiro atoms. The summed E-state index contributed by atoms with van der Waals surface area (Å²) >= 11 is 0. The lowest BCUT2D eigenvalue weighted by Crippen LogP contribution is -2.05. The number of nitrogens with zero attached hydrogens (tertiary/aromatic N) is 1. The summed E-state index contributed by atoms with van der Waals surface area (Å²) in [4.78, 5) is 11.7. The zero-order valence-electron chi connectivity index (χ0n) is 13.8. The summed E-state index contributed by atoms with van der Waals surface area (Å²) in [6.07, 6.45) is 3.15. The van der Waals surface area contributed by atoms with E-state index in [1.54, 1.807) is 18.2 Å². The molecule has 0 aliphatic heterocycles. The highest BCUT2D eigenvalue weighted by molar-refractivity contribution is 7.89. The van der Waals surface area contributed by atoms with Gasteiger partial charge in [-0.25, -0.2) is 8.42 Å². The Morgan fingerprint density at radius 3 is 2.56 bits per heavy atom. The second-order valence-electron chi connectivity index (χ2n) is 6.19. The first kappa shape index (κ1) is 17.4. The highest BCUT2D eigenvalue weighted by atomic mass is 32.2. The van der Waals surface area contributed by atoms with Crippen molar-refractivity contribution in [2.45, 2.75) is 12.3 Å². The van der Waals surface area contributed by atoms with Crippen LogP contribution in [0.15, 0.2) is 54.7 Å². The van der Waals surface area contributed by atoms with E-state index in [4.69, 9.17) is 5.11 Å². The Labute approximate surface area is 146 Å². The van der Waals surface area contributed by atoms with E-state index in [2.05, 4.69) is 0 Å². The molecule has 0 fully saturated rings. The molecule has 1 N–H and O–H groups in total. The number of sulfone groups is 1. The van der Waals surface area contributed by atoms with Crippen molar-refractivity contribution in [3.05, 3.63) is 71.4 Å². The Kier molecular flexibility index (Phi) is 4.74. The van der Waals surface area contributed by atoms with Crippen LogP contribution in [0.25, 0.3) is 10.9 Å². The number of benzene rings is 2. The second kappa shape index (κ2) is 6.82. The standard InChI is InChI=1S/C19H19NO4S/c1-25(23,24)13-15-4-2-3-14(9-15)11-20-8-7-16-5-6-17(10-18(16)20)19(22)12-21/h2-10,21H,11-13H2,1H3. The molecule has 0 aliphatic carbocycles. The third-order valence-electron chi connectivity index (χ3n) is 4.01. The van der Waals surface area contributed by atoms with Gasteiger partial charge in [-0.15, -0.1) is 0 Å². The van der Waals surface area contributed by atoms with Gasteiger partial charge in [-0.2, -0.15) is 0 Å². The Hall–Kier alpha value is -2.44. The highest BCUT2D eigenvalue weighted by Gasteiger charge is 2.09. The molecule has 0 atom stereocenters. The summed E-state index contributed by atoms with van der Waals surface area (Å²) in [6, 6.07) is 14.8. The smallest absolute Gasteiger partial charge is 0.188 e. The predicted molar refractivity (Wildman–Crippen MR) is 97.4 cm³/mol. The largest absolute Gasteiger partial charge is 0.388 e. The van der Waals surface area contributed by atoms with E-state index in [0.29, 0.717) is 12.1 Å². The van der Waals surface area contributed by atoms with Crippen LogP contribution in [0.1, 0.15) is 21.5 Å². The number of rotatable bonds is 6. The van der Waals surface area contributed by atoms with Gasteiger partial charge < -0.3 is 9.67 Å². The van der Waals surface area contributed by atoms with Crippen molar-refractivity contribution in [1.82, 2.24) is 4.57 Å². The van der Waals surface area contributed by atoms with Crippen molar-refractivity contribution >= 4 is 26.5 Å². The molecule has 0 radical (unpaired) electrons. The molecule has 5 nitrogen and oxygen atoms in total. The van der Waals surface area contributed by atoms with Crippen LogP contribution in [-0.2, 0) is 22.1 Å². The maximum absolute atomic E-state index is 11.7. The number of fused-ring (bicyclic) bond motifs is 1. The van der Waals surface area contributed by atoms with Crippen LogP contribution in [0.2, 0.25) is 0 Å². The number of aliphatic hydroxyl groups is 1. The van der Waals surface area contributed by atoms with Crippen molar-refractivity contribution in [2.24, 2.45) is 0 Å². The number of ketones is 1. The summed E-state index contributed by atoms with van der Waals surface area (Å²) in [7, 11) is -3.08. The number of hydrogen-bond acceptors (Lipinski definition) is 4. The van der Waals surface area contributed by atoms with Crippen molar-refractivity contribution in [3.63, 3.8) is 0 Å². The van der Waals surface area contributed by atoms with Gasteiger partial charge in [-0.1, -0.05) is 36.4 Å². The van der Waals surface area contributed by atoms with E-state index >= 15 is 0 Å². The molecule has 1 aromatic heterocycles. The fourth-order valence-electron chi connectivity index (χ4n) is 2.90.